The van der Waals surface area contributed by atoms with Gasteiger partial charge in [-0.1, -0.05) is 12.1 Å². The van der Waals surface area contributed by atoms with Gasteiger partial charge in [-0.3, -0.25) is 24.1 Å². The quantitative estimate of drug-likeness (QED) is 0.759. The predicted octanol–water partition coefficient (Wildman–Crippen LogP) is 3.19. The number of hydrogen-bond acceptors (Lipinski definition) is 5. The smallest absolute Gasteiger partial charge is 0.262 e. The Morgan fingerprint density at radius 2 is 1.57 bits per heavy atom. The fraction of sp³-hybridized carbons (Fsp3) is 0.227. The van der Waals surface area contributed by atoms with Gasteiger partial charge in [0.15, 0.2) is 0 Å². The van der Waals surface area contributed by atoms with E-state index in [0.29, 0.717) is 11.4 Å². The van der Waals surface area contributed by atoms with Crippen LogP contribution in [0.4, 0.5) is 11.4 Å². The summed E-state index contributed by atoms with van der Waals surface area (Å²) in [7, 11) is 0. The minimum absolute atomic E-state index is 0.179. The molecule has 8 heteroatoms. The fourth-order valence-electron chi connectivity index (χ4n) is 3.15. The van der Waals surface area contributed by atoms with Gasteiger partial charge in [0.05, 0.1) is 28.6 Å². The van der Waals surface area contributed by atoms with Crippen molar-refractivity contribution in [2.45, 2.75) is 32.7 Å². The van der Waals surface area contributed by atoms with E-state index in [2.05, 4.69) is 10.6 Å². The second-order valence-corrected chi connectivity index (χ2v) is 7.76. The Morgan fingerprint density at radius 1 is 0.967 bits per heavy atom. The number of nitrogens with one attached hydrogen (secondary N) is 2. The van der Waals surface area contributed by atoms with Gasteiger partial charge < -0.3 is 10.6 Å². The molecular weight excluding hydrogens is 384 g/mol. The van der Waals surface area contributed by atoms with E-state index in [-0.39, 0.29) is 29.0 Å². The van der Waals surface area contributed by atoms with Gasteiger partial charge in [0.25, 0.3) is 17.7 Å². The summed E-state index contributed by atoms with van der Waals surface area (Å²) in [4.78, 5) is 50.9. The van der Waals surface area contributed by atoms with Crippen molar-refractivity contribution in [3.63, 3.8) is 0 Å². The molecule has 1 aliphatic rings. The second kappa shape index (κ2) is 7.79. The Balaban J connectivity index is 1.86. The maximum atomic E-state index is 12.8. The number of carbonyl (C=O) groups is 4. The van der Waals surface area contributed by atoms with Crippen LogP contribution >= 0.6 is 0 Å². The van der Waals surface area contributed by atoms with Crippen molar-refractivity contribution in [1.29, 1.82) is 5.26 Å². The van der Waals surface area contributed by atoms with E-state index in [0.717, 1.165) is 0 Å². The summed E-state index contributed by atoms with van der Waals surface area (Å²) in [5.74, 6) is -1.83. The molecular formula is C22H20N4O4. The molecule has 0 saturated carbocycles. The molecule has 2 aromatic rings. The van der Waals surface area contributed by atoms with E-state index in [9.17, 15) is 19.2 Å². The molecule has 0 spiro atoms. The highest BCUT2D eigenvalue weighted by molar-refractivity contribution is 6.22. The van der Waals surface area contributed by atoms with E-state index in [4.69, 9.17) is 5.26 Å². The van der Waals surface area contributed by atoms with Crippen LogP contribution in [0.25, 0.3) is 0 Å². The van der Waals surface area contributed by atoms with Gasteiger partial charge in [-0.05, 0) is 51.1 Å². The fourth-order valence-corrected chi connectivity index (χ4v) is 3.15. The number of para-hydroxylation sites is 2. The van der Waals surface area contributed by atoms with Crippen LogP contribution in [-0.2, 0) is 4.79 Å². The number of rotatable bonds is 4. The Bertz CT molecular complexity index is 1110. The topological polar surface area (TPSA) is 119 Å². The third-order valence-electron chi connectivity index (χ3n) is 4.51. The van der Waals surface area contributed by atoms with E-state index >= 15 is 0 Å². The summed E-state index contributed by atoms with van der Waals surface area (Å²) in [5, 5.41) is 13.9. The molecule has 0 aromatic heterocycles. The Labute approximate surface area is 173 Å². The average Bonchev–Trinajstić information content (AvgIpc) is 2.93. The number of nitriles is 1. The third-order valence-corrected chi connectivity index (χ3v) is 4.51. The number of carbonyl (C=O) groups excluding carboxylic acids is 4. The number of benzene rings is 2. The van der Waals surface area contributed by atoms with E-state index in [1.807, 2.05) is 0 Å². The van der Waals surface area contributed by atoms with Crippen LogP contribution in [0, 0.1) is 11.3 Å². The molecule has 0 unspecified atom stereocenters. The zero-order valence-corrected chi connectivity index (χ0v) is 16.8. The summed E-state index contributed by atoms with van der Waals surface area (Å²) in [6, 6.07) is 12.7. The molecule has 0 bridgehead atoms. The van der Waals surface area contributed by atoms with Crippen LogP contribution in [0.2, 0.25) is 0 Å². The van der Waals surface area contributed by atoms with Crippen molar-refractivity contribution in [2.24, 2.45) is 0 Å². The normalized spacial score (nSPS) is 12.9. The number of amides is 4. The minimum atomic E-state index is -0.684. The van der Waals surface area contributed by atoms with Crippen molar-refractivity contribution in [3.8, 4) is 6.07 Å². The van der Waals surface area contributed by atoms with Gasteiger partial charge in [0.2, 0.25) is 5.91 Å². The van der Waals surface area contributed by atoms with Crippen molar-refractivity contribution in [1.82, 2.24) is 4.90 Å². The van der Waals surface area contributed by atoms with E-state index < -0.39 is 23.3 Å². The Kier molecular flexibility index (Phi) is 5.39. The highest BCUT2D eigenvalue weighted by atomic mass is 16.2. The number of imide groups is 1. The molecule has 3 rings (SSSR count). The molecule has 1 aliphatic heterocycles. The molecule has 0 saturated heterocycles. The maximum Gasteiger partial charge on any atom is 0.262 e. The molecule has 8 nitrogen and oxygen atoms in total. The number of nitrogens with zero attached hydrogens (tertiary/aromatic N) is 2. The largest absolute Gasteiger partial charge is 0.323 e. The highest BCUT2D eigenvalue weighted by Crippen LogP contribution is 2.30. The second-order valence-electron chi connectivity index (χ2n) is 7.76. The van der Waals surface area contributed by atoms with Gasteiger partial charge in [0.1, 0.15) is 6.42 Å². The van der Waals surface area contributed by atoms with Crippen molar-refractivity contribution < 1.29 is 19.2 Å². The number of fused-ring (bicyclic) bond motifs is 1. The molecule has 1 heterocycles. The van der Waals surface area contributed by atoms with Crippen LogP contribution in [0.1, 0.15) is 58.3 Å². The van der Waals surface area contributed by atoms with Crippen LogP contribution in [0.15, 0.2) is 42.5 Å². The van der Waals surface area contributed by atoms with Crippen LogP contribution in [-0.4, -0.2) is 34.1 Å². The minimum Gasteiger partial charge on any atom is -0.323 e. The first kappa shape index (κ1) is 20.7. The lowest BCUT2D eigenvalue weighted by molar-refractivity contribution is -0.115. The summed E-state index contributed by atoms with van der Waals surface area (Å²) in [5.41, 5.74) is 0.638. The summed E-state index contributed by atoms with van der Waals surface area (Å²) < 4.78 is 0. The zero-order chi connectivity index (χ0) is 22.1. The van der Waals surface area contributed by atoms with E-state index in [1.165, 1.54) is 23.1 Å². The summed E-state index contributed by atoms with van der Waals surface area (Å²) in [6.45, 7) is 5.29. The molecule has 2 aromatic carbocycles. The zero-order valence-electron chi connectivity index (χ0n) is 16.8. The van der Waals surface area contributed by atoms with Gasteiger partial charge in [-0.15, -0.1) is 0 Å². The lowest BCUT2D eigenvalue weighted by Gasteiger charge is -2.29. The van der Waals surface area contributed by atoms with E-state index in [1.54, 1.807) is 51.1 Å². The maximum absolute atomic E-state index is 12.8. The van der Waals surface area contributed by atoms with Gasteiger partial charge in [-0.2, -0.15) is 5.26 Å². The third kappa shape index (κ3) is 3.91. The molecule has 0 aliphatic carbocycles. The van der Waals surface area contributed by atoms with Crippen molar-refractivity contribution in [3.05, 3.63) is 59.2 Å². The number of anilines is 2. The SMILES string of the molecule is CC(C)(C)N1C(=O)c2ccc(C(=O)Nc3ccccc3NC(=O)CC#N)cc2C1=O. The molecule has 0 fully saturated rings. The first-order valence-electron chi connectivity index (χ1n) is 9.23. The van der Waals surface area contributed by atoms with Gasteiger partial charge in [0, 0.05) is 11.1 Å². The van der Waals surface area contributed by atoms with Gasteiger partial charge in [-0.25, -0.2) is 0 Å². The van der Waals surface area contributed by atoms with Crippen LogP contribution in [0.5, 0.6) is 0 Å². The summed E-state index contributed by atoms with van der Waals surface area (Å²) in [6.07, 6.45) is -0.312. The number of hydrogen-bond donors (Lipinski definition) is 2. The standard InChI is InChI=1S/C22H20N4O4/c1-22(2,3)26-20(29)14-9-8-13(12-15(14)21(26)30)19(28)25-17-7-5-4-6-16(17)24-18(27)10-11-23/h4-9,12H,10H2,1-3H3,(H,24,27)(H,25,28). The lowest BCUT2D eigenvalue weighted by Crippen LogP contribution is -2.45. The highest BCUT2D eigenvalue weighted by Gasteiger charge is 2.42. The molecule has 30 heavy (non-hydrogen) atoms. The van der Waals surface area contributed by atoms with Gasteiger partial charge >= 0.3 is 0 Å². The summed E-state index contributed by atoms with van der Waals surface area (Å²) >= 11 is 0. The molecule has 2 N–H and O–H groups in total. The Morgan fingerprint density at radius 3 is 2.17 bits per heavy atom. The predicted molar refractivity (Wildman–Crippen MR) is 110 cm³/mol. The Hall–Kier alpha value is -3.99. The van der Waals surface area contributed by atoms with Crippen LogP contribution in [0.3, 0.4) is 0 Å². The lowest BCUT2D eigenvalue weighted by atomic mass is 10.1. The first-order valence-corrected chi connectivity index (χ1v) is 9.23. The molecule has 0 radical (unpaired) electrons. The molecule has 0 atom stereocenters. The monoisotopic (exact) mass is 404 g/mol. The van der Waals surface area contributed by atoms with Crippen molar-refractivity contribution in [2.75, 3.05) is 10.6 Å². The first-order chi connectivity index (χ1) is 14.1. The molecule has 152 valence electrons. The van der Waals surface area contributed by atoms with Crippen LogP contribution < -0.4 is 10.6 Å². The average molecular weight is 404 g/mol. The van der Waals surface area contributed by atoms with Crippen molar-refractivity contribution >= 4 is 35.0 Å². The molecule has 4 amide bonds.